The lowest BCUT2D eigenvalue weighted by atomic mass is 10.1. The Morgan fingerprint density at radius 2 is 1.83 bits per heavy atom. The van der Waals surface area contributed by atoms with E-state index < -0.39 is 10.9 Å². The molecule has 0 radical (unpaired) electrons. The van der Waals surface area contributed by atoms with Crippen LogP contribution < -0.4 is 14.2 Å². The summed E-state index contributed by atoms with van der Waals surface area (Å²) in [6.07, 6.45) is 0. The first-order chi connectivity index (χ1) is 11.4. The Morgan fingerprint density at radius 3 is 2.42 bits per heavy atom. The van der Waals surface area contributed by atoms with Crippen molar-refractivity contribution >= 4 is 11.7 Å². The number of para-hydroxylation sites is 1. The van der Waals surface area contributed by atoms with Gasteiger partial charge in [0.05, 0.1) is 18.1 Å². The van der Waals surface area contributed by atoms with Crippen molar-refractivity contribution in [2.75, 3.05) is 13.7 Å². The molecule has 2 rings (SSSR count). The van der Waals surface area contributed by atoms with Gasteiger partial charge in [-0.1, -0.05) is 18.2 Å². The topological polar surface area (TPSA) is 87.9 Å². The fourth-order valence-corrected chi connectivity index (χ4v) is 2.16. The predicted molar refractivity (Wildman–Crippen MR) is 86.7 cm³/mol. The van der Waals surface area contributed by atoms with Gasteiger partial charge in [-0.3, -0.25) is 10.1 Å². The minimum Gasteiger partial charge on any atom is -0.496 e. The van der Waals surface area contributed by atoms with E-state index in [9.17, 15) is 14.9 Å². The molecule has 0 saturated heterocycles. The van der Waals surface area contributed by atoms with E-state index in [1.54, 1.807) is 0 Å². The van der Waals surface area contributed by atoms with Gasteiger partial charge in [0.25, 0.3) is 0 Å². The van der Waals surface area contributed by atoms with E-state index in [2.05, 4.69) is 0 Å². The van der Waals surface area contributed by atoms with Crippen molar-refractivity contribution in [1.82, 2.24) is 0 Å². The van der Waals surface area contributed by atoms with E-state index in [0.29, 0.717) is 11.5 Å². The number of rotatable bonds is 6. The maximum absolute atomic E-state index is 11.9. The molecule has 0 amide bonds. The highest BCUT2D eigenvalue weighted by Crippen LogP contribution is 2.31. The third-order valence-corrected chi connectivity index (χ3v) is 3.33. The Kier molecular flexibility index (Phi) is 5.36. The van der Waals surface area contributed by atoms with Crippen LogP contribution in [0.5, 0.6) is 17.2 Å². The van der Waals surface area contributed by atoms with Crippen molar-refractivity contribution in [3.8, 4) is 17.2 Å². The highest BCUT2D eigenvalue weighted by molar-refractivity contribution is 5.75. The number of carbonyl (C=O) groups excluding carboxylic acids is 1. The highest BCUT2D eigenvalue weighted by atomic mass is 16.6. The molecule has 7 heteroatoms. The molecule has 2 aromatic carbocycles. The molecule has 0 heterocycles. The zero-order valence-electron chi connectivity index (χ0n) is 13.6. The monoisotopic (exact) mass is 331 g/mol. The summed E-state index contributed by atoms with van der Waals surface area (Å²) in [7, 11) is 1.39. The average molecular weight is 331 g/mol. The van der Waals surface area contributed by atoms with Crippen LogP contribution in [0.3, 0.4) is 0 Å². The largest absolute Gasteiger partial charge is 0.496 e. The van der Waals surface area contributed by atoms with E-state index in [1.165, 1.54) is 25.3 Å². The first-order valence-corrected chi connectivity index (χ1v) is 7.14. The third kappa shape index (κ3) is 4.01. The second kappa shape index (κ2) is 7.45. The molecule has 0 unspecified atom stereocenters. The number of esters is 1. The van der Waals surface area contributed by atoms with Gasteiger partial charge < -0.3 is 14.2 Å². The van der Waals surface area contributed by atoms with Crippen LogP contribution in [0.25, 0.3) is 0 Å². The normalized spacial score (nSPS) is 10.1. The van der Waals surface area contributed by atoms with Crippen LogP contribution in [0.2, 0.25) is 0 Å². The molecule has 126 valence electrons. The summed E-state index contributed by atoms with van der Waals surface area (Å²) in [4.78, 5) is 22.4. The van der Waals surface area contributed by atoms with Crippen LogP contribution in [0, 0.1) is 24.0 Å². The summed E-state index contributed by atoms with van der Waals surface area (Å²) in [6.45, 7) is 3.37. The van der Waals surface area contributed by atoms with Crippen molar-refractivity contribution in [2.24, 2.45) is 0 Å². The van der Waals surface area contributed by atoms with Gasteiger partial charge in [-0.25, -0.2) is 4.79 Å². The SMILES string of the molecule is COc1ccc(OC(=O)COc2c(C)cccc2C)c([N+](=O)[O-])c1. The van der Waals surface area contributed by atoms with Gasteiger partial charge in [0.2, 0.25) is 5.75 Å². The molecular weight excluding hydrogens is 314 g/mol. The van der Waals surface area contributed by atoms with Gasteiger partial charge in [-0.15, -0.1) is 0 Å². The van der Waals surface area contributed by atoms with Crippen molar-refractivity contribution in [3.05, 3.63) is 57.6 Å². The second-order valence-corrected chi connectivity index (χ2v) is 5.07. The Hall–Kier alpha value is -3.09. The highest BCUT2D eigenvalue weighted by Gasteiger charge is 2.20. The summed E-state index contributed by atoms with van der Waals surface area (Å²) < 4.78 is 15.5. The van der Waals surface area contributed by atoms with Crippen LogP contribution in [0.4, 0.5) is 5.69 Å². The molecule has 0 fully saturated rings. The number of nitro benzene ring substituents is 1. The smallest absolute Gasteiger partial charge is 0.349 e. The average Bonchev–Trinajstić information content (AvgIpc) is 2.54. The summed E-state index contributed by atoms with van der Waals surface area (Å²) in [5.41, 5.74) is 1.42. The Bertz CT molecular complexity index is 751. The van der Waals surface area contributed by atoms with E-state index in [1.807, 2.05) is 32.0 Å². The zero-order valence-corrected chi connectivity index (χ0v) is 13.6. The minimum atomic E-state index is -0.731. The number of hydrogen-bond acceptors (Lipinski definition) is 6. The van der Waals surface area contributed by atoms with E-state index in [4.69, 9.17) is 14.2 Å². The summed E-state index contributed by atoms with van der Waals surface area (Å²) in [6, 6.07) is 9.59. The number of methoxy groups -OCH3 is 1. The van der Waals surface area contributed by atoms with Gasteiger partial charge in [0.15, 0.2) is 6.61 Å². The van der Waals surface area contributed by atoms with Gasteiger partial charge >= 0.3 is 11.7 Å². The van der Waals surface area contributed by atoms with Crippen LogP contribution in [-0.4, -0.2) is 24.6 Å². The predicted octanol–water partition coefficient (Wildman–Crippen LogP) is 3.20. The summed E-state index contributed by atoms with van der Waals surface area (Å²) in [5.74, 6) is 0.00814. The molecule has 7 nitrogen and oxygen atoms in total. The molecule has 0 aliphatic rings. The lowest BCUT2D eigenvalue weighted by molar-refractivity contribution is -0.385. The molecule has 0 aliphatic carbocycles. The van der Waals surface area contributed by atoms with E-state index >= 15 is 0 Å². The number of benzene rings is 2. The van der Waals surface area contributed by atoms with Crippen LogP contribution in [0.1, 0.15) is 11.1 Å². The maximum atomic E-state index is 11.9. The fourth-order valence-electron chi connectivity index (χ4n) is 2.16. The van der Waals surface area contributed by atoms with E-state index in [0.717, 1.165) is 11.1 Å². The molecule has 0 aromatic heterocycles. The Morgan fingerprint density at radius 1 is 1.17 bits per heavy atom. The molecule has 0 bridgehead atoms. The lowest BCUT2D eigenvalue weighted by Gasteiger charge is -2.11. The maximum Gasteiger partial charge on any atom is 0.349 e. The zero-order chi connectivity index (χ0) is 17.7. The minimum absolute atomic E-state index is 0.157. The summed E-state index contributed by atoms with van der Waals surface area (Å²) in [5, 5.41) is 11.1. The van der Waals surface area contributed by atoms with Crippen molar-refractivity contribution in [2.45, 2.75) is 13.8 Å². The first kappa shape index (κ1) is 17.3. The molecule has 0 saturated carbocycles. The molecule has 24 heavy (non-hydrogen) atoms. The number of aryl methyl sites for hydroxylation is 2. The van der Waals surface area contributed by atoms with Gasteiger partial charge in [0, 0.05) is 0 Å². The molecule has 0 spiro atoms. The number of nitrogens with zero attached hydrogens (tertiary/aromatic N) is 1. The molecule has 2 aromatic rings. The molecule has 0 atom stereocenters. The lowest BCUT2D eigenvalue weighted by Crippen LogP contribution is -2.19. The summed E-state index contributed by atoms with van der Waals surface area (Å²) >= 11 is 0. The number of carbonyl (C=O) groups is 1. The number of hydrogen-bond donors (Lipinski definition) is 0. The van der Waals surface area contributed by atoms with E-state index in [-0.39, 0.29) is 18.0 Å². The third-order valence-electron chi connectivity index (χ3n) is 3.33. The fraction of sp³-hybridized carbons (Fsp3) is 0.235. The van der Waals surface area contributed by atoms with Crippen LogP contribution in [-0.2, 0) is 4.79 Å². The van der Waals surface area contributed by atoms with Crippen molar-refractivity contribution < 1.29 is 23.9 Å². The molecule has 0 aliphatic heterocycles. The van der Waals surface area contributed by atoms with Crippen molar-refractivity contribution in [1.29, 1.82) is 0 Å². The molecule has 0 N–H and O–H groups in total. The number of ether oxygens (including phenoxy) is 3. The van der Waals surface area contributed by atoms with Crippen molar-refractivity contribution in [3.63, 3.8) is 0 Å². The number of nitro groups is 1. The first-order valence-electron chi connectivity index (χ1n) is 7.14. The van der Waals surface area contributed by atoms with Gasteiger partial charge in [0.1, 0.15) is 11.5 Å². The Labute approximate surface area is 138 Å². The molecular formula is C17H17NO6. The van der Waals surface area contributed by atoms with Gasteiger partial charge in [-0.05, 0) is 37.1 Å². The quantitative estimate of drug-likeness (QED) is 0.349. The second-order valence-electron chi connectivity index (χ2n) is 5.07. The van der Waals surface area contributed by atoms with Gasteiger partial charge in [-0.2, -0.15) is 0 Å². The van der Waals surface area contributed by atoms with Crippen LogP contribution in [0.15, 0.2) is 36.4 Å². The standard InChI is InChI=1S/C17H17NO6/c1-11-5-4-6-12(2)17(11)23-10-16(19)24-15-8-7-13(22-3)9-14(15)18(20)21/h4-9H,10H2,1-3H3. The van der Waals surface area contributed by atoms with Crippen LogP contribution >= 0.6 is 0 Å². The Balaban J connectivity index is 2.09.